The second-order valence-corrected chi connectivity index (χ2v) is 11.2. The predicted molar refractivity (Wildman–Crippen MR) is 117 cm³/mol. The smallest absolute Gasteiger partial charge is 0.272 e. The van der Waals surface area contributed by atoms with Gasteiger partial charge in [-0.1, -0.05) is 6.07 Å². The molecule has 158 valence electrons. The molecule has 0 aliphatic carbocycles. The van der Waals surface area contributed by atoms with Crippen molar-refractivity contribution in [3.8, 4) is 0 Å². The summed E-state index contributed by atoms with van der Waals surface area (Å²) in [4.78, 5) is 14.7. The van der Waals surface area contributed by atoms with Crippen molar-refractivity contribution in [1.82, 2.24) is 28.8 Å². The molecule has 5 rings (SSSR count). The molecule has 1 aliphatic rings. The van der Waals surface area contributed by atoms with Crippen LogP contribution < -0.4 is 10.3 Å². The fraction of sp³-hybridized carbons (Fsp3) is 0.389. The number of fused-ring (bicyclic) bond motifs is 3. The molecule has 12 heteroatoms. The number of nitrogens with one attached hydrogen (secondary N) is 1. The van der Waals surface area contributed by atoms with Crippen molar-refractivity contribution in [2.75, 3.05) is 13.1 Å². The molecule has 0 saturated carbocycles. The number of sulfonamides is 1. The third kappa shape index (κ3) is 3.38. The maximum absolute atomic E-state index is 12.5. The normalized spacial score (nSPS) is 16.7. The zero-order chi connectivity index (χ0) is 20.9. The predicted octanol–water partition coefficient (Wildman–Crippen LogP) is 1.65. The first-order chi connectivity index (χ1) is 14.4. The van der Waals surface area contributed by atoms with Crippen LogP contribution in [0, 0.1) is 0 Å². The Bertz CT molecular complexity index is 1360. The van der Waals surface area contributed by atoms with Gasteiger partial charge in [-0.3, -0.25) is 18.7 Å². The molecule has 4 aromatic rings. The first kappa shape index (κ1) is 19.8. The molecule has 0 atom stereocenters. The highest BCUT2D eigenvalue weighted by molar-refractivity contribution is 7.91. The summed E-state index contributed by atoms with van der Waals surface area (Å²) in [5, 5.41) is 12.2. The van der Waals surface area contributed by atoms with Gasteiger partial charge >= 0.3 is 0 Å². The molecular formula is C18H20N6O3S3. The van der Waals surface area contributed by atoms with E-state index >= 15 is 0 Å². The van der Waals surface area contributed by atoms with Gasteiger partial charge in [-0.15, -0.1) is 32.9 Å². The van der Waals surface area contributed by atoms with E-state index in [0.717, 1.165) is 37.3 Å². The van der Waals surface area contributed by atoms with E-state index in [9.17, 15) is 13.2 Å². The van der Waals surface area contributed by atoms with Gasteiger partial charge in [-0.25, -0.2) is 13.1 Å². The maximum atomic E-state index is 12.5. The molecule has 9 nitrogen and oxygen atoms in total. The number of likely N-dealkylation sites (tertiary alicyclic amines) is 1. The lowest BCUT2D eigenvalue weighted by atomic mass is 10.1. The fourth-order valence-electron chi connectivity index (χ4n) is 3.86. The van der Waals surface area contributed by atoms with Gasteiger partial charge < -0.3 is 0 Å². The first-order valence-electron chi connectivity index (χ1n) is 9.52. The number of rotatable bonds is 5. The van der Waals surface area contributed by atoms with Crippen molar-refractivity contribution in [2.45, 2.75) is 29.6 Å². The van der Waals surface area contributed by atoms with E-state index in [0.29, 0.717) is 21.2 Å². The standard InChI is InChI=1S/C18H20N6O3S3/c1-22-17(25)16-13(6-10-29-16)24-14(19-20-18(22)24)11-23-7-4-12(5-8-23)21-30(26,27)15-3-2-9-28-15/h2-3,6,9-10,12,21H,4-5,7-8,11H2,1H3. The Morgan fingerprint density at radius 2 is 1.97 bits per heavy atom. The lowest BCUT2D eigenvalue weighted by Crippen LogP contribution is -2.44. The molecule has 0 spiro atoms. The Hall–Kier alpha value is -2.12. The summed E-state index contributed by atoms with van der Waals surface area (Å²) in [6.07, 6.45) is 1.46. The second-order valence-electron chi connectivity index (χ2n) is 7.35. The van der Waals surface area contributed by atoms with E-state index in [1.807, 2.05) is 15.8 Å². The second kappa shape index (κ2) is 7.54. The first-order valence-corrected chi connectivity index (χ1v) is 12.8. The minimum Gasteiger partial charge on any atom is -0.296 e. The zero-order valence-electron chi connectivity index (χ0n) is 16.2. The van der Waals surface area contributed by atoms with E-state index in [1.54, 1.807) is 24.6 Å². The quantitative estimate of drug-likeness (QED) is 0.482. The van der Waals surface area contributed by atoms with Gasteiger partial charge in [0.15, 0.2) is 5.82 Å². The molecule has 1 saturated heterocycles. The Morgan fingerprint density at radius 1 is 1.17 bits per heavy atom. The van der Waals surface area contributed by atoms with Gasteiger partial charge in [-0.2, -0.15) is 0 Å². The van der Waals surface area contributed by atoms with Gasteiger partial charge in [0, 0.05) is 26.2 Å². The van der Waals surface area contributed by atoms with Gasteiger partial charge in [0.25, 0.3) is 5.56 Å². The fourth-order valence-corrected chi connectivity index (χ4v) is 7.02. The minimum absolute atomic E-state index is 0.0645. The van der Waals surface area contributed by atoms with E-state index in [1.165, 1.54) is 27.2 Å². The number of hydrogen-bond acceptors (Lipinski definition) is 8. The summed E-state index contributed by atoms with van der Waals surface area (Å²) in [7, 11) is -1.74. The zero-order valence-corrected chi connectivity index (χ0v) is 18.6. The Labute approximate surface area is 180 Å². The molecule has 0 unspecified atom stereocenters. The highest BCUT2D eigenvalue weighted by Crippen LogP contribution is 2.22. The molecule has 0 amide bonds. The van der Waals surface area contributed by atoms with Crippen molar-refractivity contribution in [1.29, 1.82) is 0 Å². The van der Waals surface area contributed by atoms with Gasteiger partial charge in [-0.05, 0) is 35.7 Å². The van der Waals surface area contributed by atoms with Crippen molar-refractivity contribution >= 4 is 48.7 Å². The number of hydrogen-bond donors (Lipinski definition) is 1. The van der Waals surface area contributed by atoms with Gasteiger partial charge in [0.05, 0.1) is 12.1 Å². The monoisotopic (exact) mass is 464 g/mol. The van der Waals surface area contributed by atoms with Crippen LogP contribution in [0.15, 0.2) is 38.0 Å². The molecule has 1 aliphatic heterocycles. The van der Waals surface area contributed by atoms with Gasteiger partial charge in [0.1, 0.15) is 8.91 Å². The highest BCUT2D eigenvalue weighted by atomic mass is 32.2. The highest BCUT2D eigenvalue weighted by Gasteiger charge is 2.26. The lowest BCUT2D eigenvalue weighted by Gasteiger charge is -2.31. The molecule has 0 aromatic carbocycles. The number of aryl methyl sites for hydroxylation is 1. The topological polar surface area (TPSA) is 102 Å². The number of aromatic nitrogens is 4. The summed E-state index contributed by atoms with van der Waals surface area (Å²) in [5.74, 6) is 1.31. The molecule has 4 aromatic heterocycles. The third-order valence-corrected chi connectivity index (χ3v) is 9.24. The molecule has 1 fully saturated rings. The SMILES string of the molecule is Cn1c(=O)c2sccc2n2c(CN3CCC(NS(=O)(=O)c4cccs4)CC3)nnc12. The van der Waals surface area contributed by atoms with Crippen LogP contribution in [0.3, 0.4) is 0 Å². The summed E-state index contributed by atoms with van der Waals surface area (Å²) < 4.78 is 32.2. The average molecular weight is 465 g/mol. The lowest BCUT2D eigenvalue weighted by molar-refractivity contribution is 0.195. The summed E-state index contributed by atoms with van der Waals surface area (Å²) in [6.45, 7) is 2.10. The number of nitrogens with zero attached hydrogens (tertiary/aromatic N) is 5. The average Bonchev–Trinajstić information content (AvgIpc) is 3.47. The summed E-state index contributed by atoms with van der Waals surface area (Å²) in [6, 6.07) is 5.21. The minimum atomic E-state index is -3.45. The van der Waals surface area contributed by atoms with Gasteiger partial charge in [0.2, 0.25) is 15.8 Å². The Kier molecular flexibility index (Phi) is 4.98. The summed E-state index contributed by atoms with van der Waals surface area (Å²) in [5.41, 5.74) is 0.766. The van der Waals surface area contributed by atoms with Crippen LogP contribution in [0.25, 0.3) is 16.0 Å². The van der Waals surface area contributed by atoms with Crippen LogP contribution in [0.5, 0.6) is 0 Å². The van der Waals surface area contributed by atoms with Crippen molar-refractivity contribution < 1.29 is 8.42 Å². The Morgan fingerprint density at radius 3 is 2.70 bits per heavy atom. The molecule has 30 heavy (non-hydrogen) atoms. The largest absolute Gasteiger partial charge is 0.296 e. The number of thiophene rings is 2. The Balaban J connectivity index is 1.32. The molecule has 1 N–H and O–H groups in total. The summed E-state index contributed by atoms with van der Waals surface area (Å²) >= 11 is 2.64. The van der Waals surface area contributed by atoms with E-state index < -0.39 is 10.0 Å². The maximum Gasteiger partial charge on any atom is 0.272 e. The van der Waals surface area contributed by atoms with E-state index in [-0.39, 0.29) is 11.6 Å². The van der Waals surface area contributed by atoms with Crippen LogP contribution >= 0.6 is 22.7 Å². The van der Waals surface area contributed by atoms with Crippen molar-refractivity contribution in [3.63, 3.8) is 0 Å². The number of piperidine rings is 1. The van der Waals surface area contributed by atoms with Crippen molar-refractivity contribution in [3.05, 3.63) is 45.1 Å². The molecule has 0 bridgehead atoms. The van der Waals surface area contributed by atoms with Crippen LogP contribution in [0.4, 0.5) is 0 Å². The molecule has 0 radical (unpaired) electrons. The van der Waals surface area contributed by atoms with Crippen LogP contribution in [0.2, 0.25) is 0 Å². The molecular weight excluding hydrogens is 444 g/mol. The van der Waals surface area contributed by atoms with E-state index in [2.05, 4.69) is 19.8 Å². The van der Waals surface area contributed by atoms with Crippen LogP contribution in [-0.2, 0) is 23.6 Å². The molecule has 5 heterocycles. The van der Waals surface area contributed by atoms with Crippen LogP contribution in [-0.4, -0.2) is 51.6 Å². The van der Waals surface area contributed by atoms with E-state index in [4.69, 9.17) is 0 Å². The van der Waals surface area contributed by atoms with Crippen molar-refractivity contribution in [2.24, 2.45) is 7.05 Å². The third-order valence-electron chi connectivity index (χ3n) is 5.43. The van der Waals surface area contributed by atoms with Crippen LogP contribution in [0.1, 0.15) is 18.7 Å².